The first-order chi connectivity index (χ1) is 6.74. The third-order valence-electron chi connectivity index (χ3n) is 2.02. The maximum absolute atomic E-state index is 11.2. The van der Waals surface area contributed by atoms with Crippen molar-refractivity contribution in [3.8, 4) is 0 Å². The van der Waals surface area contributed by atoms with Gasteiger partial charge < -0.3 is 15.2 Å². The smallest absolute Gasteiger partial charge is 0.315 e. The topological polar surface area (TPSA) is 46.1 Å². The van der Waals surface area contributed by atoms with E-state index in [0.717, 1.165) is 18.7 Å². The summed E-state index contributed by atoms with van der Waals surface area (Å²) in [6.45, 7) is 3.31. The SMILES string of the molecule is CCCNC(=O)NCc1cccn1C. The highest BCUT2D eigenvalue weighted by Crippen LogP contribution is 1.97. The number of aromatic nitrogens is 1. The second kappa shape index (κ2) is 5.32. The molecule has 1 rings (SSSR count). The number of aryl methyl sites for hydroxylation is 1. The molecule has 0 spiro atoms. The molecule has 0 aromatic carbocycles. The summed E-state index contributed by atoms with van der Waals surface area (Å²) < 4.78 is 1.99. The second-order valence-corrected chi connectivity index (χ2v) is 3.22. The fraction of sp³-hybridized carbons (Fsp3) is 0.500. The molecule has 0 fully saturated rings. The summed E-state index contributed by atoms with van der Waals surface area (Å²) in [6.07, 6.45) is 2.92. The lowest BCUT2D eigenvalue weighted by molar-refractivity contribution is 0.240. The average molecular weight is 195 g/mol. The minimum Gasteiger partial charge on any atom is -0.353 e. The molecule has 0 radical (unpaired) electrons. The van der Waals surface area contributed by atoms with Crippen LogP contribution in [0.2, 0.25) is 0 Å². The van der Waals surface area contributed by atoms with E-state index in [1.54, 1.807) is 0 Å². The highest BCUT2D eigenvalue weighted by molar-refractivity contribution is 5.73. The molecule has 1 aromatic heterocycles. The molecule has 1 heterocycles. The lowest BCUT2D eigenvalue weighted by Gasteiger charge is -2.07. The molecule has 0 aliphatic carbocycles. The van der Waals surface area contributed by atoms with Gasteiger partial charge in [-0.05, 0) is 18.6 Å². The van der Waals surface area contributed by atoms with Crippen LogP contribution in [0.15, 0.2) is 18.3 Å². The van der Waals surface area contributed by atoms with Gasteiger partial charge in [-0.25, -0.2) is 4.79 Å². The Bertz CT molecular complexity index is 293. The van der Waals surface area contributed by atoms with Crippen LogP contribution in [0.3, 0.4) is 0 Å². The van der Waals surface area contributed by atoms with E-state index >= 15 is 0 Å². The van der Waals surface area contributed by atoms with Gasteiger partial charge in [0.05, 0.1) is 6.54 Å². The van der Waals surface area contributed by atoms with E-state index in [1.165, 1.54) is 0 Å². The zero-order valence-electron chi connectivity index (χ0n) is 8.71. The second-order valence-electron chi connectivity index (χ2n) is 3.22. The summed E-state index contributed by atoms with van der Waals surface area (Å²) in [5.41, 5.74) is 1.09. The first-order valence-corrected chi connectivity index (χ1v) is 4.86. The molecule has 2 amide bonds. The van der Waals surface area contributed by atoms with Crippen molar-refractivity contribution in [3.05, 3.63) is 24.0 Å². The van der Waals surface area contributed by atoms with E-state index in [2.05, 4.69) is 10.6 Å². The lowest BCUT2D eigenvalue weighted by Crippen LogP contribution is -2.35. The fourth-order valence-electron chi connectivity index (χ4n) is 1.15. The van der Waals surface area contributed by atoms with Crippen LogP contribution in [0.1, 0.15) is 19.0 Å². The number of rotatable bonds is 4. The van der Waals surface area contributed by atoms with Gasteiger partial charge in [0.1, 0.15) is 0 Å². The Balaban J connectivity index is 2.27. The predicted octanol–water partition coefficient (Wildman–Crippen LogP) is 1.23. The van der Waals surface area contributed by atoms with Crippen LogP contribution in [0.5, 0.6) is 0 Å². The number of carbonyl (C=O) groups is 1. The molecule has 14 heavy (non-hydrogen) atoms. The monoisotopic (exact) mass is 195 g/mol. The minimum absolute atomic E-state index is 0.104. The maximum atomic E-state index is 11.2. The van der Waals surface area contributed by atoms with Gasteiger partial charge in [0.2, 0.25) is 0 Å². The molecule has 0 bridgehead atoms. The van der Waals surface area contributed by atoms with E-state index in [0.29, 0.717) is 6.54 Å². The number of hydrogen-bond acceptors (Lipinski definition) is 1. The molecular weight excluding hydrogens is 178 g/mol. The molecule has 0 saturated heterocycles. The Hall–Kier alpha value is -1.45. The first kappa shape index (κ1) is 10.6. The predicted molar refractivity (Wildman–Crippen MR) is 55.9 cm³/mol. The van der Waals surface area contributed by atoms with Crippen molar-refractivity contribution in [2.24, 2.45) is 7.05 Å². The molecule has 0 aliphatic rings. The Morgan fingerprint density at radius 3 is 2.86 bits per heavy atom. The average Bonchev–Trinajstić information content (AvgIpc) is 2.58. The molecule has 2 N–H and O–H groups in total. The highest BCUT2D eigenvalue weighted by atomic mass is 16.2. The zero-order valence-corrected chi connectivity index (χ0v) is 8.71. The Morgan fingerprint density at radius 1 is 1.50 bits per heavy atom. The number of hydrogen-bond donors (Lipinski definition) is 2. The van der Waals surface area contributed by atoms with Gasteiger partial charge in [0.15, 0.2) is 0 Å². The number of urea groups is 1. The third-order valence-corrected chi connectivity index (χ3v) is 2.02. The third kappa shape index (κ3) is 3.12. The van der Waals surface area contributed by atoms with Crippen molar-refractivity contribution in [3.63, 3.8) is 0 Å². The molecule has 4 heteroatoms. The molecular formula is C10H17N3O. The molecule has 4 nitrogen and oxygen atoms in total. The van der Waals surface area contributed by atoms with Gasteiger partial charge in [0, 0.05) is 25.5 Å². The van der Waals surface area contributed by atoms with Gasteiger partial charge in [0.25, 0.3) is 0 Å². The summed E-state index contributed by atoms with van der Waals surface area (Å²) in [5, 5.41) is 5.54. The normalized spacial score (nSPS) is 9.86. The highest BCUT2D eigenvalue weighted by Gasteiger charge is 2.00. The van der Waals surface area contributed by atoms with Crippen LogP contribution in [0, 0.1) is 0 Å². The standard InChI is InChI=1S/C10H17N3O/c1-3-6-11-10(14)12-8-9-5-4-7-13(9)2/h4-5,7H,3,6,8H2,1-2H3,(H2,11,12,14). The minimum atomic E-state index is -0.104. The first-order valence-electron chi connectivity index (χ1n) is 4.86. The van der Waals surface area contributed by atoms with Crippen LogP contribution in [0.25, 0.3) is 0 Å². The quantitative estimate of drug-likeness (QED) is 0.746. The van der Waals surface area contributed by atoms with Gasteiger partial charge in [-0.1, -0.05) is 6.92 Å². The van der Waals surface area contributed by atoms with Crippen molar-refractivity contribution in [2.45, 2.75) is 19.9 Å². The number of carbonyl (C=O) groups excluding carboxylic acids is 1. The van der Waals surface area contributed by atoms with Crippen LogP contribution in [-0.4, -0.2) is 17.1 Å². The van der Waals surface area contributed by atoms with Gasteiger partial charge >= 0.3 is 6.03 Å². The Kier molecular flexibility index (Phi) is 4.04. The van der Waals surface area contributed by atoms with Crippen molar-refractivity contribution >= 4 is 6.03 Å². The van der Waals surface area contributed by atoms with E-state index in [9.17, 15) is 4.79 Å². The van der Waals surface area contributed by atoms with E-state index in [-0.39, 0.29) is 6.03 Å². The molecule has 0 aliphatic heterocycles. The van der Waals surface area contributed by atoms with E-state index in [1.807, 2.05) is 36.9 Å². The fourth-order valence-corrected chi connectivity index (χ4v) is 1.15. The Labute approximate surface area is 84.3 Å². The van der Waals surface area contributed by atoms with Crippen LogP contribution < -0.4 is 10.6 Å². The van der Waals surface area contributed by atoms with Crippen LogP contribution in [-0.2, 0) is 13.6 Å². The maximum Gasteiger partial charge on any atom is 0.315 e. The number of nitrogens with zero attached hydrogens (tertiary/aromatic N) is 1. The molecule has 78 valence electrons. The lowest BCUT2D eigenvalue weighted by atomic mass is 10.4. The largest absolute Gasteiger partial charge is 0.353 e. The van der Waals surface area contributed by atoms with Crippen molar-refractivity contribution in [1.82, 2.24) is 15.2 Å². The van der Waals surface area contributed by atoms with Crippen molar-refractivity contribution in [1.29, 1.82) is 0 Å². The summed E-state index contributed by atoms with van der Waals surface area (Å²) in [5.74, 6) is 0. The van der Waals surface area contributed by atoms with Gasteiger partial charge in [-0.3, -0.25) is 0 Å². The van der Waals surface area contributed by atoms with Gasteiger partial charge in [-0.15, -0.1) is 0 Å². The van der Waals surface area contributed by atoms with Crippen LogP contribution >= 0.6 is 0 Å². The zero-order chi connectivity index (χ0) is 10.4. The van der Waals surface area contributed by atoms with E-state index in [4.69, 9.17) is 0 Å². The number of nitrogens with one attached hydrogen (secondary N) is 2. The van der Waals surface area contributed by atoms with Crippen molar-refractivity contribution in [2.75, 3.05) is 6.54 Å². The molecule has 0 atom stereocenters. The Morgan fingerprint density at radius 2 is 2.29 bits per heavy atom. The summed E-state index contributed by atoms with van der Waals surface area (Å²) >= 11 is 0. The molecule has 1 aromatic rings. The summed E-state index contributed by atoms with van der Waals surface area (Å²) in [4.78, 5) is 11.2. The number of amides is 2. The van der Waals surface area contributed by atoms with Crippen LogP contribution in [0.4, 0.5) is 4.79 Å². The van der Waals surface area contributed by atoms with Gasteiger partial charge in [-0.2, -0.15) is 0 Å². The summed E-state index contributed by atoms with van der Waals surface area (Å²) in [6, 6.07) is 3.84. The van der Waals surface area contributed by atoms with E-state index < -0.39 is 0 Å². The van der Waals surface area contributed by atoms with Crippen molar-refractivity contribution < 1.29 is 4.79 Å². The summed E-state index contributed by atoms with van der Waals surface area (Å²) in [7, 11) is 1.96. The molecule has 0 saturated carbocycles. The molecule has 0 unspecified atom stereocenters.